The molecule has 0 amide bonds. The van der Waals surface area contributed by atoms with Gasteiger partial charge in [-0.15, -0.1) is 5.10 Å². The molecule has 7 heteroatoms. The van der Waals surface area contributed by atoms with Crippen LogP contribution in [-0.4, -0.2) is 20.7 Å². The van der Waals surface area contributed by atoms with Crippen LogP contribution in [0.15, 0.2) is 78.9 Å². The van der Waals surface area contributed by atoms with E-state index in [4.69, 9.17) is 23.2 Å². The summed E-state index contributed by atoms with van der Waals surface area (Å²) < 4.78 is 1.26. The van der Waals surface area contributed by atoms with Crippen LogP contribution in [0.25, 0.3) is 17.5 Å². The lowest BCUT2D eigenvalue weighted by atomic mass is 10.1. The fraction of sp³-hybridized carbons (Fsp3) is 0.0800. The molecule has 1 heterocycles. The van der Waals surface area contributed by atoms with Crippen molar-refractivity contribution in [3.05, 3.63) is 106 Å². The lowest BCUT2D eigenvalue weighted by Gasteiger charge is -2.06. The Balaban J connectivity index is 1.63. The van der Waals surface area contributed by atoms with Crippen LogP contribution in [0.5, 0.6) is 0 Å². The number of anilines is 1. The second-order valence-corrected chi connectivity index (χ2v) is 8.05. The summed E-state index contributed by atoms with van der Waals surface area (Å²) >= 11 is 12.2. The Bertz CT molecular complexity index is 1260. The molecule has 0 bridgehead atoms. The van der Waals surface area contributed by atoms with Crippen LogP contribution in [0.3, 0.4) is 0 Å². The molecule has 4 rings (SSSR count). The van der Waals surface area contributed by atoms with E-state index in [0.717, 1.165) is 22.3 Å². The molecule has 0 aliphatic carbocycles. The molecule has 0 aliphatic rings. The normalized spacial score (nSPS) is 11.1. The highest BCUT2D eigenvalue weighted by molar-refractivity contribution is 6.32. The summed E-state index contributed by atoms with van der Waals surface area (Å²) in [6.07, 6.45) is 3.10. The number of nitrogens with zero attached hydrogens (tertiary/aromatic N) is 3. The summed E-state index contributed by atoms with van der Waals surface area (Å²) in [6, 6.07) is 22.6. The zero-order valence-corrected chi connectivity index (χ0v) is 18.8. The molecule has 4 aromatic rings. The van der Waals surface area contributed by atoms with E-state index in [0.29, 0.717) is 28.4 Å². The monoisotopic (exact) mass is 462 g/mol. The van der Waals surface area contributed by atoms with E-state index in [9.17, 15) is 4.79 Å². The number of carbonyl (C=O) groups is 1. The van der Waals surface area contributed by atoms with Gasteiger partial charge in [0.15, 0.2) is 5.82 Å². The SMILES string of the molecule is Cc1ccc(-c2nc(NCc3ccc(Cl)cc3)n(C(=O)C=Cc3ccccc3Cl)n2)cc1. The highest BCUT2D eigenvalue weighted by atomic mass is 35.5. The number of nitrogens with one attached hydrogen (secondary N) is 1. The number of halogens is 2. The lowest BCUT2D eigenvalue weighted by molar-refractivity contribution is 0.0957. The zero-order chi connectivity index (χ0) is 22.5. The minimum absolute atomic E-state index is 0.339. The summed E-state index contributed by atoms with van der Waals surface area (Å²) in [5.41, 5.74) is 3.71. The van der Waals surface area contributed by atoms with Gasteiger partial charge in [-0.1, -0.05) is 83.4 Å². The van der Waals surface area contributed by atoms with Crippen molar-refractivity contribution in [3.63, 3.8) is 0 Å². The molecule has 5 nitrogen and oxygen atoms in total. The molecule has 0 atom stereocenters. The van der Waals surface area contributed by atoms with E-state index in [-0.39, 0.29) is 5.91 Å². The van der Waals surface area contributed by atoms with Gasteiger partial charge in [0.05, 0.1) is 0 Å². The van der Waals surface area contributed by atoms with Gasteiger partial charge in [-0.05, 0) is 42.3 Å². The van der Waals surface area contributed by atoms with Crippen molar-refractivity contribution in [1.82, 2.24) is 14.8 Å². The maximum absolute atomic E-state index is 13.0. The van der Waals surface area contributed by atoms with Crippen molar-refractivity contribution in [2.45, 2.75) is 13.5 Å². The van der Waals surface area contributed by atoms with Gasteiger partial charge < -0.3 is 5.32 Å². The molecular formula is C25H20Cl2N4O. The Morgan fingerprint density at radius 1 is 1.00 bits per heavy atom. The number of aromatic nitrogens is 3. The second kappa shape index (κ2) is 9.81. The maximum atomic E-state index is 13.0. The molecular weight excluding hydrogens is 443 g/mol. The number of benzene rings is 3. The van der Waals surface area contributed by atoms with Crippen molar-refractivity contribution < 1.29 is 4.79 Å². The van der Waals surface area contributed by atoms with Gasteiger partial charge in [0, 0.05) is 28.2 Å². The van der Waals surface area contributed by atoms with Gasteiger partial charge in [-0.2, -0.15) is 9.67 Å². The van der Waals surface area contributed by atoms with Gasteiger partial charge in [0.1, 0.15) is 0 Å². The molecule has 3 aromatic carbocycles. The third kappa shape index (κ3) is 5.25. The largest absolute Gasteiger partial charge is 0.350 e. The number of carbonyl (C=O) groups excluding carboxylic acids is 1. The van der Waals surface area contributed by atoms with E-state index < -0.39 is 0 Å². The number of rotatable bonds is 6. The lowest BCUT2D eigenvalue weighted by Crippen LogP contribution is -2.14. The summed E-state index contributed by atoms with van der Waals surface area (Å²) in [6.45, 7) is 2.47. The van der Waals surface area contributed by atoms with Crippen LogP contribution in [0.4, 0.5) is 5.95 Å². The van der Waals surface area contributed by atoms with Crippen molar-refractivity contribution in [1.29, 1.82) is 0 Å². The number of hydrogen-bond donors (Lipinski definition) is 1. The van der Waals surface area contributed by atoms with Crippen LogP contribution in [0.1, 0.15) is 21.5 Å². The summed E-state index contributed by atoms with van der Waals surface area (Å²) in [5.74, 6) is 0.474. The number of aryl methyl sites for hydroxylation is 1. The summed E-state index contributed by atoms with van der Waals surface area (Å²) in [7, 11) is 0. The molecule has 160 valence electrons. The standard InChI is InChI=1S/C25H20Cl2N4O/c1-17-6-10-20(11-7-17)24-29-25(28-16-18-8-13-21(26)14-9-18)31(30-24)23(32)15-12-19-4-2-3-5-22(19)27/h2-15H,16H2,1H3,(H,28,29,30). The molecule has 0 saturated heterocycles. The van der Waals surface area contributed by atoms with Crippen LogP contribution in [-0.2, 0) is 6.54 Å². The minimum atomic E-state index is -0.339. The predicted octanol–water partition coefficient (Wildman–Crippen LogP) is 6.53. The highest BCUT2D eigenvalue weighted by Gasteiger charge is 2.16. The third-order valence-electron chi connectivity index (χ3n) is 4.80. The van der Waals surface area contributed by atoms with Gasteiger partial charge in [0.25, 0.3) is 5.91 Å². The average Bonchev–Trinajstić information content (AvgIpc) is 3.23. The quantitative estimate of drug-likeness (QED) is 0.331. The Morgan fingerprint density at radius 3 is 2.44 bits per heavy atom. The maximum Gasteiger partial charge on any atom is 0.274 e. The zero-order valence-electron chi connectivity index (χ0n) is 17.3. The van der Waals surface area contributed by atoms with Crippen molar-refractivity contribution in [3.8, 4) is 11.4 Å². The molecule has 0 saturated carbocycles. The van der Waals surface area contributed by atoms with Gasteiger partial charge in [-0.3, -0.25) is 4.79 Å². The first-order chi connectivity index (χ1) is 15.5. The molecule has 0 aliphatic heterocycles. The fourth-order valence-electron chi connectivity index (χ4n) is 3.03. The Kier molecular flexibility index (Phi) is 6.69. The predicted molar refractivity (Wildman–Crippen MR) is 130 cm³/mol. The molecule has 1 aromatic heterocycles. The van der Waals surface area contributed by atoms with Crippen molar-refractivity contribution >= 4 is 41.1 Å². The fourth-order valence-corrected chi connectivity index (χ4v) is 3.36. The molecule has 0 unspecified atom stereocenters. The van der Waals surface area contributed by atoms with E-state index in [2.05, 4.69) is 15.4 Å². The van der Waals surface area contributed by atoms with Gasteiger partial charge in [-0.25, -0.2) is 0 Å². The van der Waals surface area contributed by atoms with E-state index in [1.165, 1.54) is 10.8 Å². The molecule has 1 N–H and O–H groups in total. The van der Waals surface area contributed by atoms with Crippen molar-refractivity contribution in [2.24, 2.45) is 0 Å². The Morgan fingerprint density at radius 2 is 1.72 bits per heavy atom. The molecule has 32 heavy (non-hydrogen) atoms. The number of hydrogen-bond acceptors (Lipinski definition) is 4. The first kappa shape index (κ1) is 21.8. The minimum Gasteiger partial charge on any atom is -0.350 e. The number of allylic oxidation sites excluding steroid dienone is 1. The van der Waals surface area contributed by atoms with Crippen LogP contribution in [0.2, 0.25) is 10.0 Å². The highest BCUT2D eigenvalue weighted by Crippen LogP contribution is 2.21. The Hall–Kier alpha value is -3.41. The van der Waals surface area contributed by atoms with Crippen LogP contribution in [0, 0.1) is 6.92 Å². The van der Waals surface area contributed by atoms with E-state index >= 15 is 0 Å². The van der Waals surface area contributed by atoms with Crippen molar-refractivity contribution in [2.75, 3.05) is 5.32 Å². The van der Waals surface area contributed by atoms with Gasteiger partial charge in [0.2, 0.25) is 5.95 Å². The summed E-state index contributed by atoms with van der Waals surface area (Å²) in [4.78, 5) is 17.5. The first-order valence-electron chi connectivity index (χ1n) is 9.99. The van der Waals surface area contributed by atoms with E-state index in [1.54, 1.807) is 12.1 Å². The second-order valence-electron chi connectivity index (χ2n) is 7.21. The van der Waals surface area contributed by atoms with Crippen LogP contribution >= 0.6 is 23.2 Å². The third-order valence-corrected chi connectivity index (χ3v) is 5.40. The first-order valence-corrected chi connectivity index (χ1v) is 10.7. The molecule has 0 radical (unpaired) electrons. The Labute approximate surface area is 196 Å². The molecule has 0 fully saturated rings. The van der Waals surface area contributed by atoms with Crippen LogP contribution < -0.4 is 5.32 Å². The summed E-state index contributed by atoms with van der Waals surface area (Å²) in [5, 5.41) is 8.90. The smallest absolute Gasteiger partial charge is 0.274 e. The van der Waals surface area contributed by atoms with Gasteiger partial charge >= 0.3 is 0 Å². The topological polar surface area (TPSA) is 59.8 Å². The average molecular weight is 463 g/mol. The van der Waals surface area contributed by atoms with E-state index in [1.807, 2.05) is 73.7 Å². The molecule has 0 spiro atoms.